The fraction of sp³-hybridized carbons (Fsp3) is 0.464. The van der Waals surface area contributed by atoms with Crippen molar-refractivity contribution in [2.75, 3.05) is 11.9 Å². The summed E-state index contributed by atoms with van der Waals surface area (Å²) < 4.78 is 12.3. The Morgan fingerprint density at radius 3 is 2.00 bits per heavy atom. The van der Waals surface area contributed by atoms with Gasteiger partial charge in [0.2, 0.25) is 5.91 Å². The van der Waals surface area contributed by atoms with Gasteiger partial charge in [-0.2, -0.15) is 5.21 Å². The predicted molar refractivity (Wildman–Crippen MR) is 153 cm³/mol. The Kier molecular flexibility index (Phi) is 9.98. The third-order valence-electron chi connectivity index (χ3n) is 6.21. The van der Waals surface area contributed by atoms with Gasteiger partial charge in [0.25, 0.3) is 14.3 Å². The molecule has 0 radical (unpaired) electrons. The smallest absolute Gasteiger partial charge is 0.408 e. The van der Waals surface area contributed by atoms with Gasteiger partial charge in [0.05, 0.1) is 0 Å². The molecule has 0 aliphatic rings. The highest BCUT2D eigenvalue weighted by atomic mass is 28.4. The predicted octanol–water partition coefficient (Wildman–Crippen LogP) is 3.78. The highest BCUT2D eigenvalue weighted by Crippen LogP contribution is 2.36. The molecule has 11 heteroatoms. The quantitative estimate of drug-likeness (QED) is 0.244. The number of carbonyl (C=O) groups is 2. The van der Waals surface area contributed by atoms with Gasteiger partial charge in [0, 0.05) is 6.61 Å². The fourth-order valence-electron chi connectivity index (χ4n) is 4.57. The largest absolute Gasteiger partial charge is 0.444 e. The van der Waals surface area contributed by atoms with Crippen LogP contribution in [0.4, 0.5) is 10.7 Å². The van der Waals surface area contributed by atoms with Crippen LogP contribution >= 0.6 is 0 Å². The molecule has 10 nitrogen and oxygen atoms in total. The monoisotopic (exact) mass is 552 g/mol. The maximum Gasteiger partial charge on any atom is 0.408 e. The van der Waals surface area contributed by atoms with E-state index in [2.05, 4.69) is 101 Å². The Hall–Kier alpha value is -3.57. The normalized spacial score (nSPS) is 13.0. The molecule has 0 bridgehead atoms. The number of nitrogens with zero attached hydrogens (tertiary/aromatic N) is 3. The Morgan fingerprint density at radius 1 is 0.923 bits per heavy atom. The summed E-state index contributed by atoms with van der Waals surface area (Å²) in [5.41, 5.74) is -0.692. The maximum absolute atomic E-state index is 12.9. The van der Waals surface area contributed by atoms with Crippen molar-refractivity contribution >= 4 is 36.6 Å². The van der Waals surface area contributed by atoms with E-state index in [1.54, 1.807) is 20.8 Å². The molecule has 3 aromatic rings. The van der Waals surface area contributed by atoms with Gasteiger partial charge in [-0.3, -0.25) is 10.1 Å². The van der Waals surface area contributed by atoms with Crippen molar-refractivity contribution in [1.29, 1.82) is 0 Å². The first-order valence-corrected chi connectivity index (χ1v) is 15.1. The standard InChI is InChI=1S/C28H40N6O4Si/c1-27(2,3)38-26(36)29-23(24(35)30-25-31-33-34-32-25)19-13-14-20-37-39(28(4,5)6,21-15-9-7-10-16-21)22-17-11-8-12-18-22/h7-12,15-18,23H,13-14,19-20H2,1-6H3,(H,29,36)(H2,30,31,32,33,34,35)/t23-/m0/s1. The van der Waals surface area contributed by atoms with Crippen LogP contribution < -0.4 is 21.0 Å². The molecule has 0 aliphatic heterocycles. The van der Waals surface area contributed by atoms with E-state index in [0.717, 1.165) is 0 Å². The van der Waals surface area contributed by atoms with Crippen LogP contribution in [0.25, 0.3) is 0 Å². The number of H-pyrrole nitrogens is 1. The fourth-order valence-corrected chi connectivity index (χ4v) is 9.17. The first kappa shape index (κ1) is 30.0. The Balaban J connectivity index is 1.71. The third-order valence-corrected chi connectivity index (χ3v) is 11.3. The van der Waals surface area contributed by atoms with Gasteiger partial charge >= 0.3 is 6.09 Å². The SMILES string of the molecule is CC(C)(C)OC(=O)N[C@@H](CCCCO[Si](c1ccccc1)(c1ccccc1)C(C)(C)C)C(=O)Nc1nn[nH]n1. The molecule has 1 atom stereocenters. The van der Waals surface area contributed by atoms with Crippen molar-refractivity contribution in [3.05, 3.63) is 60.7 Å². The van der Waals surface area contributed by atoms with Crippen molar-refractivity contribution in [2.45, 2.75) is 77.5 Å². The summed E-state index contributed by atoms with van der Waals surface area (Å²) in [5, 5.41) is 20.8. The molecule has 3 N–H and O–H groups in total. The first-order valence-electron chi connectivity index (χ1n) is 13.2. The number of anilines is 1. The molecule has 39 heavy (non-hydrogen) atoms. The number of amides is 2. The minimum atomic E-state index is -2.64. The number of rotatable bonds is 11. The summed E-state index contributed by atoms with van der Waals surface area (Å²) in [6.07, 6.45) is 1.05. The van der Waals surface area contributed by atoms with Crippen molar-refractivity contribution in [2.24, 2.45) is 0 Å². The number of benzene rings is 2. The summed E-state index contributed by atoms with van der Waals surface area (Å²) in [4.78, 5) is 25.3. The van der Waals surface area contributed by atoms with E-state index in [-0.39, 0.29) is 11.0 Å². The van der Waals surface area contributed by atoms with Crippen LogP contribution in [-0.4, -0.2) is 59.2 Å². The van der Waals surface area contributed by atoms with E-state index < -0.39 is 32.0 Å². The van der Waals surface area contributed by atoms with E-state index in [1.165, 1.54) is 10.4 Å². The molecule has 0 spiro atoms. The van der Waals surface area contributed by atoms with Gasteiger partial charge in [-0.15, -0.1) is 5.10 Å². The number of tetrazole rings is 1. The molecular formula is C28H40N6O4Si. The van der Waals surface area contributed by atoms with Crippen molar-refractivity contribution < 1.29 is 18.8 Å². The number of hydrogen-bond donors (Lipinski definition) is 3. The Morgan fingerprint density at radius 2 is 1.51 bits per heavy atom. The molecule has 2 amide bonds. The summed E-state index contributed by atoms with van der Waals surface area (Å²) >= 11 is 0. The van der Waals surface area contributed by atoms with E-state index in [4.69, 9.17) is 9.16 Å². The number of aromatic amines is 1. The van der Waals surface area contributed by atoms with E-state index >= 15 is 0 Å². The molecule has 3 rings (SSSR count). The Bertz CT molecular complexity index is 1140. The minimum Gasteiger partial charge on any atom is -0.444 e. The lowest BCUT2D eigenvalue weighted by Crippen LogP contribution is -2.66. The summed E-state index contributed by atoms with van der Waals surface area (Å²) in [6.45, 7) is 12.5. The van der Waals surface area contributed by atoms with Crippen LogP contribution in [0.2, 0.25) is 5.04 Å². The van der Waals surface area contributed by atoms with Crippen molar-refractivity contribution in [1.82, 2.24) is 25.9 Å². The van der Waals surface area contributed by atoms with E-state index in [9.17, 15) is 9.59 Å². The lowest BCUT2D eigenvalue weighted by Gasteiger charge is -2.43. The number of unbranched alkanes of at least 4 members (excludes halogenated alkanes) is 1. The van der Waals surface area contributed by atoms with E-state index in [1.807, 2.05) is 12.1 Å². The lowest BCUT2D eigenvalue weighted by atomic mass is 10.1. The van der Waals surface area contributed by atoms with E-state index in [0.29, 0.717) is 25.9 Å². The molecular weight excluding hydrogens is 512 g/mol. The van der Waals surface area contributed by atoms with Crippen LogP contribution in [0.15, 0.2) is 60.7 Å². The second-order valence-electron chi connectivity index (χ2n) is 11.4. The maximum atomic E-state index is 12.9. The summed E-state index contributed by atoms with van der Waals surface area (Å²) in [6, 6.07) is 20.1. The summed E-state index contributed by atoms with van der Waals surface area (Å²) in [7, 11) is -2.64. The number of alkyl carbamates (subject to hydrolysis) is 1. The highest BCUT2D eigenvalue weighted by Gasteiger charge is 2.49. The van der Waals surface area contributed by atoms with Gasteiger partial charge in [0.15, 0.2) is 0 Å². The van der Waals surface area contributed by atoms with Crippen LogP contribution in [-0.2, 0) is 14.0 Å². The average molecular weight is 553 g/mol. The van der Waals surface area contributed by atoms with Crippen LogP contribution in [0.5, 0.6) is 0 Å². The molecule has 0 fully saturated rings. The molecule has 0 aliphatic carbocycles. The Labute approximate surface area is 231 Å². The number of nitrogens with one attached hydrogen (secondary N) is 3. The second kappa shape index (κ2) is 13.0. The molecule has 1 aromatic heterocycles. The van der Waals surface area contributed by atoms with Gasteiger partial charge in [0.1, 0.15) is 11.6 Å². The van der Waals surface area contributed by atoms with Gasteiger partial charge in [-0.25, -0.2) is 4.79 Å². The average Bonchev–Trinajstić information content (AvgIpc) is 3.37. The van der Waals surface area contributed by atoms with Gasteiger partial charge < -0.3 is 14.5 Å². The van der Waals surface area contributed by atoms with Crippen LogP contribution in [0.1, 0.15) is 60.8 Å². The third kappa shape index (κ3) is 8.20. The molecule has 210 valence electrons. The second-order valence-corrected chi connectivity index (χ2v) is 15.7. The van der Waals surface area contributed by atoms with Gasteiger partial charge in [-0.1, -0.05) is 86.5 Å². The van der Waals surface area contributed by atoms with Crippen molar-refractivity contribution in [3.8, 4) is 0 Å². The molecule has 1 heterocycles. The number of ether oxygens (including phenoxy) is 1. The molecule has 0 saturated heterocycles. The molecule has 0 saturated carbocycles. The molecule has 2 aromatic carbocycles. The summed E-state index contributed by atoms with van der Waals surface area (Å²) in [5.74, 6) is -0.416. The van der Waals surface area contributed by atoms with Crippen LogP contribution in [0, 0.1) is 0 Å². The minimum absolute atomic E-state index is 0.0333. The zero-order valence-corrected chi connectivity index (χ0v) is 24.7. The van der Waals surface area contributed by atoms with Crippen LogP contribution in [0.3, 0.4) is 0 Å². The zero-order valence-electron chi connectivity index (χ0n) is 23.7. The first-order chi connectivity index (χ1) is 18.4. The van der Waals surface area contributed by atoms with Gasteiger partial charge in [-0.05, 0) is 60.7 Å². The number of aromatic nitrogens is 4. The van der Waals surface area contributed by atoms with Crippen molar-refractivity contribution in [3.63, 3.8) is 0 Å². The lowest BCUT2D eigenvalue weighted by molar-refractivity contribution is -0.118. The number of hydrogen-bond acceptors (Lipinski definition) is 7. The topological polar surface area (TPSA) is 131 Å². The number of carbonyl (C=O) groups excluding carboxylic acids is 2. The molecule has 0 unspecified atom stereocenters. The zero-order chi connectivity index (χ0) is 28.5. The highest BCUT2D eigenvalue weighted by molar-refractivity contribution is 6.99.